The number of nitriles is 1. The summed E-state index contributed by atoms with van der Waals surface area (Å²) in [6.07, 6.45) is 2.68. The van der Waals surface area contributed by atoms with Crippen molar-refractivity contribution in [3.63, 3.8) is 0 Å². The van der Waals surface area contributed by atoms with E-state index in [-0.39, 0.29) is 12.2 Å². The zero-order valence-corrected chi connectivity index (χ0v) is 11.2. The quantitative estimate of drug-likeness (QED) is 0.905. The molecule has 0 saturated heterocycles. The van der Waals surface area contributed by atoms with Crippen LogP contribution in [0.1, 0.15) is 21.5 Å². The van der Waals surface area contributed by atoms with Crippen molar-refractivity contribution in [3.8, 4) is 17.6 Å². The number of hydrogen-bond acceptors (Lipinski definition) is 5. The van der Waals surface area contributed by atoms with Crippen LogP contribution in [-0.4, -0.2) is 23.2 Å². The maximum absolute atomic E-state index is 10.8. The Labute approximate surface area is 121 Å². The number of carboxylic acids is 1. The van der Waals surface area contributed by atoms with Gasteiger partial charge >= 0.3 is 5.97 Å². The van der Waals surface area contributed by atoms with Gasteiger partial charge in [0.05, 0.1) is 24.4 Å². The number of methoxy groups -OCH3 is 1. The number of aromatic nitrogens is 1. The van der Waals surface area contributed by atoms with Crippen LogP contribution >= 0.6 is 0 Å². The second kappa shape index (κ2) is 6.39. The van der Waals surface area contributed by atoms with Crippen LogP contribution in [0.15, 0.2) is 36.7 Å². The zero-order valence-electron chi connectivity index (χ0n) is 11.2. The summed E-state index contributed by atoms with van der Waals surface area (Å²) in [5, 5.41) is 17.9. The third kappa shape index (κ3) is 3.48. The van der Waals surface area contributed by atoms with E-state index in [1.807, 2.05) is 6.07 Å². The van der Waals surface area contributed by atoms with Gasteiger partial charge in [0.15, 0.2) is 0 Å². The van der Waals surface area contributed by atoms with Crippen molar-refractivity contribution in [2.45, 2.75) is 6.61 Å². The van der Waals surface area contributed by atoms with Gasteiger partial charge in [-0.25, -0.2) is 4.79 Å². The van der Waals surface area contributed by atoms with Crippen molar-refractivity contribution in [1.29, 1.82) is 5.26 Å². The Morgan fingerprint density at radius 1 is 1.38 bits per heavy atom. The Hall–Kier alpha value is -3.07. The molecule has 21 heavy (non-hydrogen) atoms. The molecule has 1 aromatic heterocycles. The second-order valence-electron chi connectivity index (χ2n) is 4.15. The number of aromatic carboxylic acids is 1. The number of benzene rings is 1. The molecule has 0 unspecified atom stereocenters. The van der Waals surface area contributed by atoms with Crippen LogP contribution in [0.2, 0.25) is 0 Å². The fraction of sp³-hybridized carbons (Fsp3) is 0.133. The minimum atomic E-state index is -1.07. The average Bonchev–Trinajstić information content (AvgIpc) is 2.52. The smallest absolute Gasteiger partial charge is 0.337 e. The molecule has 0 radical (unpaired) electrons. The van der Waals surface area contributed by atoms with Crippen LogP contribution in [0.25, 0.3) is 0 Å². The van der Waals surface area contributed by atoms with Crippen LogP contribution in [0.4, 0.5) is 0 Å². The molecule has 6 nitrogen and oxygen atoms in total. The van der Waals surface area contributed by atoms with Gasteiger partial charge in [0.25, 0.3) is 0 Å². The molecule has 0 saturated carbocycles. The van der Waals surface area contributed by atoms with E-state index in [0.717, 1.165) is 5.56 Å². The third-order valence-corrected chi connectivity index (χ3v) is 2.75. The Kier molecular flexibility index (Phi) is 4.36. The minimum absolute atomic E-state index is 0.0555. The van der Waals surface area contributed by atoms with Crippen molar-refractivity contribution >= 4 is 5.97 Å². The summed E-state index contributed by atoms with van der Waals surface area (Å²) in [5.41, 5.74) is 1.24. The number of carbonyl (C=O) groups is 1. The number of nitrogens with zero attached hydrogens (tertiary/aromatic N) is 2. The molecule has 0 aliphatic heterocycles. The minimum Gasteiger partial charge on any atom is -0.495 e. The lowest BCUT2D eigenvalue weighted by atomic mass is 10.1. The van der Waals surface area contributed by atoms with Crippen molar-refractivity contribution in [2.75, 3.05) is 7.11 Å². The van der Waals surface area contributed by atoms with Gasteiger partial charge in [-0.3, -0.25) is 4.98 Å². The summed E-state index contributed by atoms with van der Waals surface area (Å²) in [4.78, 5) is 14.6. The molecule has 0 atom stereocenters. The lowest BCUT2D eigenvalue weighted by Gasteiger charge is -2.08. The summed E-state index contributed by atoms with van der Waals surface area (Å²) in [6, 6.07) is 8.55. The van der Waals surface area contributed by atoms with Crippen LogP contribution in [-0.2, 0) is 6.61 Å². The predicted octanol–water partition coefficient (Wildman–Crippen LogP) is 2.24. The number of pyridine rings is 1. The van der Waals surface area contributed by atoms with E-state index in [1.54, 1.807) is 18.2 Å². The van der Waals surface area contributed by atoms with E-state index in [1.165, 1.54) is 25.6 Å². The van der Waals surface area contributed by atoms with Gasteiger partial charge in [0.2, 0.25) is 0 Å². The van der Waals surface area contributed by atoms with Crippen LogP contribution in [0, 0.1) is 11.3 Å². The molecule has 0 aliphatic rings. The molecular weight excluding hydrogens is 272 g/mol. The van der Waals surface area contributed by atoms with Gasteiger partial charge in [-0.1, -0.05) is 6.07 Å². The number of carboxylic acid groups (broad SMARTS) is 1. The molecule has 106 valence electrons. The van der Waals surface area contributed by atoms with Crippen molar-refractivity contribution in [2.24, 2.45) is 0 Å². The lowest BCUT2D eigenvalue weighted by Crippen LogP contribution is -2.01. The van der Waals surface area contributed by atoms with E-state index in [0.29, 0.717) is 17.1 Å². The molecule has 2 rings (SSSR count). The summed E-state index contributed by atoms with van der Waals surface area (Å²) in [7, 11) is 1.50. The normalized spacial score (nSPS) is 9.71. The maximum Gasteiger partial charge on any atom is 0.337 e. The molecule has 0 aliphatic carbocycles. The number of ether oxygens (including phenoxy) is 2. The molecule has 1 N–H and O–H groups in total. The van der Waals surface area contributed by atoms with Gasteiger partial charge in [-0.05, 0) is 23.8 Å². The van der Waals surface area contributed by atoms with Crippen molar-refractivity contribution in [3.05, 3.63) is 53.3 Å². The summed E-state index contributed by atoms with van der Waals surface area (Å²) in [5.74, 6) is -0.218. The molecule has 0 bridgehead atoms. The van der Waals surface area contributed by atoms with Crippen LogP contribution in [0.3, 0.4) is 0 Å². The fourth-order valence-corrected chi connectivity index (χ4v) is 1.71. The highest BCUT2D eigenvalue weighted by molar-refractivity contribution is 5.87. The average molecular weight is 284 g/mol. The zero-order chi connectivity index (χ0) is 15.2. The van der Waals surface area contributed by atoms with E-state index < -0.39 is 5.97 Å². The Morgan fingerprint density at radius 2 is 2.19 bits per heavy atom. The molecule has 0 amide bonds. The van der Waals surface area contributed by atoms with Gasteiger partial charge in [-0.15, -0.1) is 0 Å². The molecule has 2 aromatic rings. The highest BCUT2D eigenvalue weighted by Crippen LogP contribution is 2.20. The summed E-state index contributed by atoms with van der Waals surface area (Å²) in [6.45, 7) is 0.198. The maximum atomic E-state index is 10.8. The van der Waals surface area contributed by atoms with Gasteiger partial charge in [0.1, 0.15) is 24.2 Å². The first-order valence-corrected chi connectivity index (χ1v) is 6.02. The van der Waals surface area contributed by atoms with Crippen molar-refractivity contribution < 1.29 is 19.4 Å². The lowest BCUT2D eigenvalue weighted by molar-refractivity contribution is 0.0696. The summed E-state index contributed by atoms with van der Waals surface area (Å²) < 4.78 is 10.5. The second-order valence-corrected chi connectivity index (χ2v) is 4.15. The highest BCUT2D eigenvalue weighted by Gasteiger charge is 2.07. The molecule has 6 heteroatoms. The Balaban J connectivity index is 2.11. The number of rotatable bonds is 5. The van der Waals surface area contributed by atoms with E-state index in [2.05, 4.69) is 4.98 Å². The summed E-state index contributed by atoms with van der Waals surface area (Å²) >= 11 is 0. The first kappa shape index (κ1) is 14.3. The molecule has 0 fully saturated rings. The topological polar surface area (TPSA) is 92.4 Å². The fourth-order valence-electron chi connectivity index (χ4n) is 1.71. The van der Waals surface area contributed by atoms with Gasteiger partial charge in [-0.2, -0.15) is 5.26 Å². The Bertz CT molecular complexity index is 707. The van der Waals surface area contributed by atoms with Crippen molar-refractivity contribution in [1.82, 2.24) is 4.98 Å². The highest BCUT2D eigenvalue weighted by atomic mass is 16.5. The van der Waals surface area contributed by atoms with E-state index in [9.17, 15) is 4.79 Å². The van der Waals surface area contributed by atoms with E-state index in [4.69, 9.17) is 19.8 Å². The Morgan fingerprint density at radius 3 is 2.86 bits per heavy atom. The molecule has 0 spiro atoms. The molecule has 1 heterocycles. The number of hydrogen-bond donors (Lipinski definition) is 1. The van der Waals surface area contributed by atoms with Crippen LogP contribution in [0.5, 0.6) is 11.5 Å². The first-order chi connectivity index (χ1) is 10.1. The first-order valence-electron chi connectivity index (χ1n) is 6.02. The van der Waals surface area contributed by atoms with Gasteiger partial charge < -0.3 is 14.6 Å². The SMILES string of the molecule is COc1ccc(COc2cncc(C(=O)O)c2)cc1C#N. The monoisotopic (exact) mass is 284 g/mol. The predicted molar refractivity (Wildman–Crippen MR) is 73.2 cm³/mol. The van der Waals surface area contributed by atoms with Crippen LogP contribution < -0.4 is 9.47 Å². The molecule has 1 aromatic carbocycles. The van der Waals surface area contributed by atoms with Gasteiger partial charge in [0, 0.05) is 6.20 Å². The standard InChI is InChI=1S/C15H12N2O4/c1-20-14-3-2-10(4-11(14)6-16)9-21-13-5-12(15(18)19)7-17-8-13/h2-5,7-8H,9H2,1H3,(H,18,19). The molecular formula is C15H12N2O4. The largest absolute Gasteiger partial charge is 0.495 e. The third-order valence-electron chi connectivity index (χ3n) is 2.75. The van der Waals surface area contributed by atoms with E-state index >= 15 is 0 Å².